The van der Waals surface area contributed by atoms with E-state index in [1.165, 1.54) is 21.6 Å². The molecule has 0 unspecified atom stereocenters. The smallest absolute Gasteiger partial charge is 0.345 e. The lowest BCUT2D eigenvalue weighted by Crippen LogP contribution is -2.66. The molecule has 6 rings (SSSR count). The Balaban J connectivity index is 1.30. The lowest BCUT2D eigenvalue weighted by molar-refractivity contribution is -0.213. The molecule has 3 aliphatic carbocycles. The number of fused-ring (bicyclic) bond motifs is 2. The van der Waals surface area contributed by atoms with E-state index in [1.54, 1.807) is 17.9 Å². The van der Waals surface area contributed by atoms with E-state index in [0.29, 0.717) is 5.69 Å². The van der Waals surface area contributed by atoms with Crippen LogP contribution in [0.4, 0.5) is 11.4 Å². The maximum atomic E-state index is 13.5. The van der Waals surface area contributed by atoms with Crippen LogP contribution in [0.25, 0.3) is 0 Å². The molecule has 1 spiro atoms. The molecule has 2 aromatic rings. The second-order valence-electron chi connectivity index (χ2n) is 10.6. The maximum absolute atomic E-state index is 13.5. The van der Waals surface area contributed by atoms with E-state index in [1.807, 2.05) is 0 Å². The van der Waals surface area contributed by atoms with Crippen molar-refractivity contribution in [3.63, 3.8) is 0 Å². The highest BCUT2D eigenvalue weighted by Gasteiger charge is 2.54. The summed E-state index contributed by atoms with van der Waals surface area (Å²) in [6.07, 6.45) is 10.7. The van der Waals surface area contributed by atoms with Gasteiger partial charge in [-0.15, -0.1) is 4.40 Å². The minimum absolute atomic E-state index is 0.183. The molecule has 1 N–H and O–H groups in total. The Morgan fingerprint density at radius 3 is 2.35 bits per heavy atom. The lowest BCUT2D eigenvalue weighted by atomic mass is 9.61. The molecular weight excluding hydrogens is 452 g/mol. The Morgan fingerprint density at radius 2 is 1.79 bits per heavy atom. The first-order valence-electron chi connectivity index (χ1n) is 12.2. The third-order valence-corrected chi connectivity index (χ3v) is 9.38. The summed E-state index contributed by atoms with van der Waals surface area (Å²) in [6.45, 7) is 1.96. The van der Waals surface area contributed by atoms with Gasteiger partial charge >= 0.3 is 10.2 Å². The summed E-state index contributed by atoms with van der Waals surface area (Å²) in [5.41, 5.74) is 6.30. The minimum Gasteiger partial charge on any atom is -0.845 e. The van der Waals surface area contributed by atoms with Crippen LogP contribution in [0.5, 0.6) is 0 Å². The predicted molar refractivity (Wildman–Crippen MR) is 129 cm³/mol. The van der Waals surface area contributed by atoms with Crippen LogP contribution in [0.3, 0.4) is 0 Å². The summed E-state index contributed by atoms with van der Waals surface area (Å²) in [5, 5.41) is 20.1. The second-order valence-corrected chi connectivity index (χ2v) is 12.1. The van der Waals surface area contributed by atoms with E-state index in [2.05, 4.69) is 32.8 Å². The van der Waals surface area contributed by atoms with Crippen molar-refractivity contribution in [2.75, 3.05) is 29.8 Å². The molecule has 2 fully saturated rings. The lowest BCUT2D eigenvalue weighted by Gasteiger charge is -2.59. The van der Waals surface area contributed by atoms with Gasteiger partial charge in [0.05, 0.1) is 17.9 Å². The fourth-order valence-electron chi connectivity index (χ4n) is 6.76. The standard InChI is InChI=1S/C24H32N6O3S/c1-28-14-24(15-28)10-18(11-24)30(19-12-25-29(2)13-19)34(32,33)27-23(31)26-22-20-7-3-5-16(20)9-17-6-4-8-21(17)22/h9,12-13,18H,3-8,10-11,14-15H2,1-2H3,(H2,26,27,31)/p-1. The van der Waals surface area contributed by atoms with Crippen molar-refractivity contribution in [3.8, 4) is 0 Å². The van der Waals surface area contributed by atoms with Crippen molar-refractivity contribution in [1.29, 1.82) is 0 Å². The molecule has 1 saturated carbocycles. The van der Waals surface area contributed by atoms with Gasteiger partial charge in [0, 0.05) is 38.1 Å². The first-order valence-corrected chi connectivity index (χ1v) is 13.5. The van der Waals surface area contributed by atoms with Gasteiger partial charge in [-0.05, 0) is 86.1 Å². The third kappa shape index (κ3) is 3.58. The Hall–Kier alpha value is -2.59. The van der Waals surface area contributed by atoms with Crippen molar-refractivity contribution in [1.82, 2.24) is 14.7 Å². The molecule has 182 valence electrons. The van der Waals surface area contributed by atoms with Crippen LogP contribution in [0.1, 0.15) is 47.9 Å². The number of rotatable bonds is 5. The second kappa shape index (κ2) is 7.71. The molecule has 0 bridgehead atoms. The van der Waals surface area contributed by atoms with Crippen molar-refractivity contribution in [3.05, 3.63) is 40.7 Å². The van der Waals surface area contributed by atoms with Crippen LogP contribution in [0, 0.1) is 5.41 Å². The van der Waals surface area contributed by atoms with Crippen molar-refractivity contribution >= 4 is 27.6 Å². The molecule has 1 aliphatic heterocycles. The fraction of sp³-hybridized carbons (Fsp3) is 0.583. The number of benzene rings is 1. The largest absolute Gasteiger partial charge is 0.845 e. The highest BCUT2D eigenvalue weighted by molar-refractivity contribution is 7.91. The van der Waals surface area contributed by atoms with Gasteiger partial charge in [0.25, 0.3) is 0 Å². The van der Waals surface area contributed by atoms with E-state index in [0.717, 1.165) is 81.3 Å². The number of amidine groups is 1. The van der Waals surface area contributed by atoms with E-state index >= 15 is 0 Å². The predicted octanol–water partition coefficient (Wildman–Crippen LogP) is 1.37. The zero-order valence-electron chi connectivity index (χ0n) is 19.7. The van der Waals surface area contributed by atoms with Gasteiger partial charge < -0.3 is 15.3 Å². The van der Waals surface area contributed by atoms with E-state index in [-0.39, 0.29) is 11.5 Å². The summed E-state index contributed by atoms with van der Waals surface area (Å²) >= 11 is 0. The van der Waals surface area contributed by atoms with Gasteiger partial charge in [-0.2, -0.15) is 13.5 Å². The summed E-state index contributed by atoms with van der Waals surface area (Å²) in [6, 6.07) is 1.24. The average molecular weight is 484 g/mol. The first kappa shape index (κ1) is 21.9. The number of likely N-dealkylation sites (tertiary alicyclic amines) is 1. The van der Waals surface area contributed by atoms with Gasteiger partial charge in [0.2, 0.25) is 0 Å². The molecule has 0 atom stereocenters. The van der Waals surface area contributed by atoms with Crippen LogP contribution in [-0.4, -0.2) is 55.3 Å². The van der Waals surface area contributed by atoms with Crippen LogP contribution in [-0.2, 0) is 42.9 Å². The maximum Gasteiger partial charge on any atom is 0.345 e. The highest BCUT2D eigenvalue weighted by Crippen LogP contribution is 2.51. The molecule has 34 heavy (non-hydrogen) atoms. The van der Waals surface area contributed by atoms with E-state index in [9.17, 15) is 13.5 Å². The third-order valence-electron chi connectivity index (χ3n) is 7.98. The number of hydrogen-bond acceptors (Lipinski definition) is 5. The summed E-state index contributed by atoms with van der Waals surface area (Å²) < 4.78 is 33.6. The zero-order chi connectivity index (χ0) is 23.7. The molecule has 2 heterocycles. The van der Waals surface area contributed by atoms with Crippen LogP contribution in [0.2, 0.25) is 0 Å². The number of hydrogen-bond donors (Lipinski definition) is 1. The van der Waals surface area contributed by atoms with E-state index < -0.39 is 16.2 Å². The molecule has 1 aromatic carbocycles. The molecule has 4 aliphatic rings. The number of nitrogens with zero attached hydrogens (tertiary/aromatic N) is 5. The van der Waals surface area contributed by atoms with E-state index in [4.69, 9.17) is 0 Å². The number of aryl methyl sites for hydroxylation is 3. The minimum atomic E-state index is -4.24. The van der Waals surface area contributed by atoms with Gasteiger partial charge in [-0.3, -0.25) is 4.68 Å². The Bertz CT molecular complexity index is 1240. The Morgan fingerprint density at radius 1 is 1.15 bits per heavy atom. The van der Waals surface area contributed by atoms with Crippen molar-refractivity contribution in [2.24, 2.45) is 16.9 Å². The van der Waals surface area contributed by atoms with Crippen LogP contribution >= 0.6 is 0 Å². The van der Waals surface area contributed by atoms with Gasteiger partial charge in [-0.1, -0.05) is 6.07 Å². The molecule has 0 amide bonds. The first-order chi connectivity index (χ1) is 16.2. The number of nitrogens with one attached hydrogen (secondary N) is 1. The summed E-state index contributed by atoms with van der Waals surface area (Å²) in [5.74, 6) is 0. The summed E-state index contributed by atoms with van der Waals surface area (Å²) in [7, 11) is -0.416. The normalized spacial score (nSPS) is 21.8. The number of anilines is 2. The van der Waals surface area contributed by atoms with Crippen molar-refractivity contribution < 1.29 is 13.5 Å². The topological polar surface area (TPSA) is 106 Å². The fourth-order valence-corrected chi connectivity index (χ4v) is 7.99. The number of aromatic nitrogens is 2. The quantitative estimate of drug-likeness (QED) is 0.509. The molecule has 9 nitrogen and oxygen atoms in total. The molecular formula is C24H31N6O3S-. The zero-order valence-corrected chi connectivity index (χ0v) is 20.6. The van der Waals surface area contributed by atoms with Crippen LogP contribution < -0.4 is 14.7 Å². The SMILES string of the molecule is CN1CC2(CC(N(c3cnn(C)c3)S(=O)(=O)/N=C(\[O-])Nc3c4c(cc5c3CCC5)CCC4)C2)C1. The van der Waals surface area contributed by atoms with Gasteiger partial charge in [0.1, 0.15) is 0 Å². The highest BCUT2D eigenvalue weighted by atomic mass is 32.2. The average Bonchev–Trinajstić information content (AvgIpc) is 3.45. The van der Waals surface area contributed by atoms with Gasteiger partial charge in [0.15, 0.2) is 0 Å². The monoisotopic (exact) mass is 483 g/mol. The Kier molecular flexibility index (Phi) is 4.97. The molecule has 10 heteroatoms. The van der Waals surface area contributed by atoms with Crippen molar-refractivity contribution in [2.45, 2.75) is 57.4 Å². The molecule has 1 aromatic heterocycles. The summed E-state index contributed by atoms with van der Waals surface area (Å²) in [4.78, 5) is 2.24. The van der Waals surface area contributed by atoms with Gasteiger partial charge in [-0.25, -0.2) is 4.31 Å². The molecule has 0 radical (unpaired) electrons. The molecule has 1 saturated heterocycles. The Labute approximate surface area is 200 Å². The van der Waals surface area contributed by atoms with Crippen LogP contribution in [0.15, 0.2) is 22.9 Å².